The van der Waals surface area contributed by atoms with E-state index in [0.29, 0.717) is 0 Å². The fourth-order valence-corrected chi connectivity index (χ4v) is 2.70. The number of piperazine rings is 1. The largest absolute Gasteiger partial charge is 0.474 e. The summed E-state index contributed by atoms with van der Waals surface area (Å²) < 4.78 is 14.5. The first-order valence-corrected chi connectivity index (χ1v) is 7.93. The molecule has 2 rings (SSSR count). The molecule has 1 aliphatic heterocycles. The van der Waals surface area contributed by atoms with Crippen molar-refractivity contribution in [2.75, 3.05) is 44.7 Å². The van der Waals surface area contributed by atoms with Crippen LogP contribution in [0.4, 0.5) is 5.82 Å². The average Bonchev–Trinajstić information content (AvgIpc) is 2.88. The topological polar surface area (TPSA) is 41.5 Å². The van der Waals surface area contributed by atoms with Crippen molar-refractivity contribution < 1.29 is 4.74 Å². The van der Waals surface area contributed by atoms with E-state index in [9.17, 15) is 0 Å². The van der Waals surface area contributed by atoms with Crippen LogP contribution in [0.2, 0.25) is 0 Å². The van der Waals surface area contributed by atoms with Crippen LogP contribution in [0.1, 0.15) is 32.6 Å². The second-order valence-electron chi connectivity index (χ2n) is 5.09. The van der Waals surface area contributed by atoms with Crippen LogP contribution in [0.3, 0.4) is 0 Å². The molecule has 0 spiro atoms. The lowest BCUT2D eigenvalue weighted by Crippen LogP contribution is -2.44. The smallest absolute Gasteiger partial charge is 0.270 e. The minimum Gasteiger partial charge on any atom is -0.474 e. The Hall–Kier alpha value is -0.880. The third kappa shape index (κ3) is 4.31. The van der Waals surface area contributed by atoms with Crippen LogP contribution in [-0.2, 0) is 0 Å². The fraction of sp³-hybridized carbons (Fsp3) is 0.846. The number of likely N-dealkylation sites (N-methyl/N-ethyl adjacent to an activating group) is 1. The molecule has 0 radical (unpaired) electrons. The first-order valence-electron chi connectivity index (χ1n) is 7.20. The van der Waals surface area contributed by atoms with Crippen LogP contribution in [0, 0.1) is 0 Å². The van der Waals surface area contributed by atoms with E-state index in [-0.39, 0.29) is 0 Å². The molecule has 5 nitrogen and oxygen atoms in total. The predicted molar refractivity (Wildman–Crippen MR) is 79.3 cm³/mol. The molecule has 108 valence electrons. The molecule has 1 fully saturated rings. The Kier molecular flexibility index (Phi) is 5.85. The minimum absolute atomic E-state index is 0.728. The van der Waals surface area contributed by atoms with Gasteiger partial charge in [0.2, 0.25) is 5.82 Å². The third-order valence-corrected chi connectivity index (χ3v) is 3.98. The molecule has 0 bridgehead atoms. The molecule has 6 heteroatoms. The van der Waals surface area contributed by atoms with Crippen LogP contribution in [0.25, 0.3) is 0 Å². The number of anilines is 1. The van der Waals surface area contributed by atoms with Gasteiger partial charge in [-0.3, -0.25) is 0 Å². The van der Waals surface area contributed by atoms with E-state index in [1.807, 2.05) is 0 Å². The quantitative estimate of drug-likeness (QED) is 0.718. The van der Waals surface area contributed by atoms with E-state index in [1.165, 1.54) is 31.0 Å². The summed E-state index contributed by atoms with van der Waals surface area (Å²) in [5.41, 5.74) is 0. The summed E-state index contributed by atoms with van der Waals surface area (Å²) in [5.74, 6) is 1.67. The molecular weight excluding hydrogens is 260 g/mol. The predicted octanol–water partition coefficient (Wildman–Crippen LogP) is 2.25. The van der Waals surface area contributed by atoms with Gasteiger partial charge < -0.3 is 14.5 Å². The zero-order valence-corrected chi connectivity index (χ0v) is 12.8. The molecule has 0 aromatic carbocycles. The maximum atomic E-state index is 5.79. The van der Waals surface area contributed by atoms with Gasteiger partial charge in [0.15, 0.2) is 0 Å². The number of ether oxygens (including phenoxy) is 1. The van der Waals surface area contributed by atoms with Gasteiger partial charge in [-0.05, 0) is 13.5 Å². The Labute approximate surface area is 119 Å². The van der Waals surface area contributed by atoms with E-state index in [2.05, 4.69) is 32.5 Å². The molecule has 0 unspecified atom stereocenters. The average molecular weight is 284 g/mol. The van der Waals surface area contributed by atoms with Gasteiger partial charge in [0.1, 0.15) is 0 Å². The molecule has 1 saturated heterocycles. The van der Waals surface area contributed by atoms with E-state index in [4.69, 9.17) is 4.74 Å². The second kappa shape index (κ2) is 7.65. The first-order chi connectivity index (χ1) is 9.31. The normalized spacial score (nSPS) is 16.8. The highest BCUT2D eigenvalue weighted by Gasteiger charge is 2.21. The summed E-state index contributed by atoms with van der Waals surface area (Å²) in [6.07, 6.45) is 4.88. The van der Waals surface area contributed by atoms with Crippen molar-refractivity contribution in [1.29, 1.82) is 0 Å². The number of rotatable bonds is 7. The lowest BCUT2D eigenvalue weighted by molar-refractivity contribution is 0.289. The van der Waals surface area contributed by atoms with Crippen LogP contribution in [0.15, 0.2) is 0 Å². The minimum atomic E-state index is 0.728. The molecule has 0 aliphatic carbocycles. The summed E-state index contributed by atoms with van der Waals surface area (Å²) in [6, 6.07) is 0. The summed E-state index contributed by atoms with van der Waals surface area (Å²) in [5, 5.41) is 0. The van der Waals surface area contributed by atoms with Gasteiger partial charge in [-0.15, -0.1) is 4.37 Å². The molecule has 1 aromatic heterocycles. The molecule has 2 heterocycles. The highest BCUT2D eigenvalue weighted by atomic mass is 32.1. The maximum absolute atomic E-state index is 5.79. The van der Waals surface area contributed by atoms with Crippen LogP contribution >= 0.6 is 11.7 Å². The first kappa shape index (κ1) is 14.5. The molecule has 0 atom stereocenters. The lowest BCUT2D eigenvalue weighted by Gasteiger charge is -2.32. The van der Waals surface area contributed by atoms with Gasteiger partial charge in [0.05, 0.1) is 18.3 Å². The van der Waals surface area contributed by atoms with Crippen molar-refractivity contribution in [2.45, 2.75) is 32.6 Å². The number of hydrogen-bond donors (Lipinski definition) is 0. The summed E-state index contributed by atoms with van der Waals surface area (Å²) in [6.45, 7) is 7.14. The van der Waals surface area contributed by atoms with E-state index < -0.39 is 0 Å². The monoisotopic (exact) mass is 284 g/mol. The fourth-order valence-electron chi connectivity index (χ4n) is 2.18. The molecule has 0 saturated carbocycles. The van der Waals surface area contributed by atoms with Gasteiger partial charge in [-0.1, -0.05) is 26.2 Å². The van der Waals surface area contributed by atoms with Gasteiger partial charge in [-0.2, -0.15) is 4.37 Å². The van der Waals surface area contributed by atoms with Crippen molar-refractivity contribution in [3.05, 3.63) is 0 Å². The summed E-state index contributed by atoms with van der Waals surface area (Å²) >= 11 is 1.25. The van der Waals surface area contributed by atoms with E-state index in [1.54, 1.807) is 0 Å². The van der Waals surface area contributed by atoms with Crippen LogP contribution in [0.5, 0.6) is 5.88 Å². The van der Waals surface area contributed by atoms with Crippen LogP contribution < -0.4 is 9.64 Å². The van der Waals surface area contributed by atoms with Crippen LogP contribution in [-0.4, -0.2) is 53.5 Å². The third-order valence-electron chi connectivity index (χ3n) is 3.48. The molecule has 1 aliphatic rings. The Balaban J connectivity index is 1.80. The standard InChI is InChI=1S/C13H24N4OS/c1-3-4-5-6-11-18-13-12(14-19-15-13)17-9-7-16(2)8-10-17/h3-11H2,1-2H3. The molecular formula is C13H24N4OS. The maximum Gasteiger partial charge on any atom is 0.270 e. The Morgan fingerprint density at radius 2 is 1.89 bits per heavy atom. The zero-order valence-electron chi connectivity index (χ0n) is 12.0. The van der Waals surface area contributed by atoms with Crippen molar-refractivity contribution in [3.63, 3.8) is 0 Å². The van der Waals surface area contributed by atoms with Crippen molar-refractivity contribution in [2.24, 2.45) is 0 Å². The Morgan fingerprint density at radius 1 is 1.11 bits per heavy atom. The molecule has 19 heavy (non-hydrogen) atoms. The van der Waals surface area contributed by atoms with E-state index in [0.717, 1.165) is 50.9 Å². The SMILES string of the molecule is CCCCCCOc1nsnc1N1CCN(C)CC1. The lowest BCUT2D eigenvalue weighted by atomic mass is 10.2. The van der Waals surface area contributed by atoms with Gasteiger partial charge in [-0.25, -0.2) is 0 Å². The second-order valence-corrected chi connectivity index (χ2v) is 5.62. The number of unbranched alkanes of at least 4 members (excludes halogenated alkanes) is 3. The summed E-state index contributed by atoms with van der Waals surface area (Å²) in [7, 11) is 2.15. The number of hydrogen-bond acceptors (Lipinski definition) is 6. The number of nitrogens with zero attached hydrogens (tertiary/aromatic N) is 4. The zero-order chi connectivity index (χ0) is 13.5. The molecule has 0 amide bonds. The van der Waals surface area contributed by atoms with Gasteiger partial charge >= 0.3 is 0 Å². The molecule has 0 N–H and O–H groups in total. The van der Waals surface area contributed by atoms with Crippen molar-refractivity contribution in [1.82, 2.24) is 13.6 Å². The summed E-state index contributed by atoms with van der Waals surface area (Å²) in [4.78, 5) is 4.62. The highest BCUT2D eigenvalue weighted by molar-refractivity contribution is 6.99. The Bertz CT molecular complexity index is 363. The number of aromatic nitrogens is 2. The van der Waals surface area contributed by atoms with Crippen molar-refractivity contribution >= 4 is 17.5 Å². The highest BCUT2D eigenvalue weighted by Crippen LogP contribution is 2.26. The van der Waals surface area contributed by atoms with Crippen molar-refractivity contribution in [3.8, 4) is 5.88 Å². The Morgan fingerprint density at radius 3 is 2.63 bits per heavy atom. The van der Waals surface area contributed by atoms with E-state index >= 15 is 0 Å². The van der Waals surface area contributed by atoms with Gasteiger partial charge in [0.25, 0.3) is 5.88 Å². The van der Waals surface area contributed by atoms with Gasteiger partial charge in [0, 0.05) is 26.2 Å². The molecule has 1 aromatic rings.